The minimum atomic E-state index is -0.667. The molecule has 0 radical (unpaired) electrons. The summed E-state index contributed by atoms with van der Waals surface area (Å²) in [5.41, 5.74) is 3.65. The van der Waals surface area contributed by atoms with Crippen LogP contribution in [0.5, 0.6) is 0 Å². The van der Waals surface area contributed by atoms with Crippen LogP contribution in [0.3, 0.4) is 0 Å². The summed E-state index contributed by atoms with van der Waals surface area (Å²) in [4.78, 5) is 147. The largest absolute Gasteiger partial charge is 0.359 e. The molecule has 21 nitrogen and oxygen atoms in total. The van der Waals surface area contributed by atoms with Crippen molar-refractivity contribution in [2.45, 2.75) is 110 Å². The Morgan fingerprint density at radius 2 is 0.885 bits per heavy atom. The highest BCUT2D eigenvalue weighted by Crippen LogP contribution is 2.34. The lowest BCUT2D eigenvalue weighted by Crippen LogP contribution is -2.40. The number of aromatic nitrogens is 1. The summed E-state index contributed by atoms with van der Waals surface area (Å²) in [7, 11) is 0. The number of nitrogens with zero attached hydrogens (tertiary/aromatic N) is 6. The van der Waals surface area contributed by atoms with Gasteiger partial charge in [-0.05, 0) is 87.3 Å². The SMILES string of the molecule is CC(C)CNC(=O)C(=O)[C@H]1CN(CCN2CCCC2=O)C(=O)[C@@H]1Cc1ccccc1.Cc1cc(CN2C[C@H](C(=O)C(=O)NC3CC3)[C@@H](Cc3ccccc3)C2=O)on1.O=C(NC1CC1)C(=O)[C@H]1CN(CCN2CCCC2=O)C(=O)[C@@H]1Cc1ccccc1. The van der Waals surface area contributed by atoms with Crippen molar-refractivity contribution in [3.63, 3.8) is 0 Å². The maximum absolute atomic E-state index is 13.1. The summed E-state index contributed by atoms with van der Waals surface area (Å²) in [5, 5.41) is 12.0. The van der Waals surface area contributed by atoms with Gasteiger partial charge in [0.2, 0.25) is 46.9 Å². The van der Waals surface area contributed by atoms with Crippen LogP contribution in [0.2, 0.25) is 0 Å². The molecule has 7 aliphatic rings. The van der Waals surface area contributed by atoms with E-state index in [4.69, 9.17) is 4.52 Å². The summed E-state index contributed by atoms with van der Waals surface area (Å²) >= 11 is 0. The molecule has 3 aromatic carbocycles. The molecule has 0 unspecified atom stereocenters. The summed E-state index contributed by atoms with van der Waals surface area (Å²) in [6.07, 6.45) is 7.75. The zero-order valence-corrected chi connectivity index (χ0v) is 50.1. The van der Waals surface area contributed by atoms with Crippen LogP contribution in [0.4, 0.5) is 0 Å². The van der Waals surface area contributed by atoms with Gasteiger partial charge in [0.25, 0.3) is 17.7 Å². The second-order valence-electron chi connectivity index (χ2n) is 24.6. The molecule has 1 aromatic heterocycles. The van der Waals surface area contributed by atoms with Gasteiger partial charge in [0.15, 0.2) is 5.76 Å². The first-order valence-electron chi connectivity index (χ1n) is 30.9. The predicted octanol–water partition coefficient (Wildman–Crippen LogP) is 3.69. The van der Waals surface area contributed by atoms with E-state index in [1.54, 1.807) is 30.6 Å². The summed E-state index contributed by atoms with van der Waals surface area (Å²) in [6.45, 7) is 10.3. The second-order valence-corrected chi connectivity index (χ2v) is 24.6. The van der Waals surface area contributed by atoms with Crippen LogP contribution in [0.15, 0.2) is 102 Å². The van der Waals surface area contributed by atoms with Crippen molar-refractivity contribution < 1.29 is 57.3 Å². The van der Waals surface area contributed by atoms with E-state index in [1.807, 2.05) is 112 Å². The van der Waals surface area contributed by atoms with Crippen molar-refractivity contribution in [3.8, 4) is 0 Å². The Hall–Kier alpha value is -8.36. The molecule has 87 heavy (non-hydrogen) atoms. The van der Waals surface area contributed by atoms with E-state index >= 15 is 0 Å². The Morgan fingerprint density at radius 3 is 1.23 bits per heavy atom. The number of likely N-dealkylation sites (tertiary alicyclic amines) is 5. The smallest absolute Gasteiger partial charge is 0.287 e. The fraction of sp³-hybridized carbons (Fsp3) is 0.515. The number of carbonyl (C=O) groups excluding carboxylic acids is 11. The van der Waals surface area contributed by atoms with Crippen LogP contribution in [-0.4, -0.2) is 172 Å². The third kappa shape index (κ3) is 17.0. The average Bonchev–Trinajstić information content (AvgIpc) is 1.95. The van der Waals surface area contributed by atoms with Crippen LogP contribution in [-0.2, 0) is 78.5 Å². The lowest BCUT2D eigenvalue weighted by Gasteiger charge is -2.21. The number of benzene rings is 3. The standard InChI is InChI=1S/C23H31N3O4.C22H27N3O4.C21H23N3O4/c1-16(2)14-24-22(29)21(28)19-15-26(12-11-25-10-6-9-20(25)27)23(30)18(19)13-17-7-4-3-5-8-17;26-19-7-4-10-24(19)11-12-25-14-18(20(27)21(28)23-16-8-9-16)17(22(25)29)13-15-5-2-1-3-6-15;1-13-9-16(28-23-13)11-24-12-18(19(25)20(26)22-15-7-8-15)17(21(24)27)10-14-5-3-2-4-6-14/h3-5,7-8,16,18-19H,6,9-15H2,1-2H3,(H,24,29);1-3,5-6,16-18H,4,7-14H2,(H,23,28);2-6,9,15,17-18H,7-8,10-12H2,1H3,(H,22,26)/t18-,19+;2*17-,18+/m111/s1. The van der Waals surface area contributed by atoms with E-state index in [-0.39, 0.29) is 73.7 Å². The van der Waals surface area contributed by atoms with Crippen molar-refractivity contribution in [1.82, 2.24) is 45.6 Å². The number of nitrogens with one attached hydrogen (secondary N) is 3. The summed E-state index contributed by atoms with van der Waals surface area (Å²) in [6, 6.07) is 30.7. The normalized spacial score (nSPS) is 22.5. The number of aryl methyl sites for hydroxylation is 1. The molecule has 2 saturated carbocycles. The van der Waals surface area contributed by atoms with E-state index in [1.165, 1.54) is 0 Å². The average molecular weight is 1190 g/mol. The van der Waals surface area contributed by atoms with Crippen LogP contribution in [0, 0.1) is 48.3 Å². The fourth-order valence-corrected chi connectivity index (χ4v) is 12.1. The maximum Gasteiger partial charge on any atom is 0.287 e. The monoisotopic (exact) mass is 1190 g/mol. The van der Waals surface area contributed by atoms with E-state index in [0.29, 0.717) is 77.1 Å². The first kappa shape index (κ1) is 63.2. The van der Waals surface area contributed by atoms with E-state index in [2.05, 4.69) is 21.1 Å². The molecule has 11 rings (SSSR count). The molecule has 8 amide bonds. The molecule has 0 bridgehead atoms. The van der Waals surface area contributed by atoms with Gasteiger partial charge in [-0.3, -0.25) is 52.7 Å². The lowest BCUT2D eigenvalue weighted by molar-refractivity contribution is -0.141. The molecular weight excluding hydrogens is 1110 g/mol. The minimum absolute atomic E-state index is 0.0990. The van der Waals surface area contributed by atoms with Crippen LogP contribution in [0.1, 0.15) is 93.4 Å². The molecule has 2 aliphatic carbocycles. The van der Waals surface area contributed by atoms with Gasteiger partial charge in [0, 0.05) is 96.4 Å². The molecule has 3 N–H and O–H groups in total. The van der Waals surface area contributed by atoms with Crippen molar-refractivity contribution in [3.05, 3.63) is 125 Å². The third-order valence-corrected chi connectivity index (χ3v) is 17.3. The van der Waals surface area contributed by atoms with E-state index in [0.717, 1.165) is 67.5 Å². The summed E-state index contributed by atoms with van der Waals surface area (Å²) in [5.74, 6) is -6.19. The molecule has 462 valence electrons. The molecule has 5 aliphatic heterocycles. The number of rotatable bonds is 24. The van der Waals surface area contributed by atoms with Gasteiger partial charge in [-0.15, -0.1) is 0 Å². The molecule has 6 atom stereocenters. The quantitative estimate of drug-likeness (QED) is 0.0847. The highest BCUT2D eigenvalue weighted by Gasteiger charge is 2.49. The number of Topliss-reactive ketones (excluding diaryl/α,β-unsaturated/α-hetero) is 3. The van der Waals surface area contributed by atoms with Gasteiger partial charge >= 0.3 is 0 Å². The van der Waals surface area contributed by atoms with Crippen LogP contribution >= 0.6 is 0 Å². The van der Waals surface area contributed by atoms with E-state index < -0.39 is 70.6 Å². The van der Waals surface area contributed by atoms with Crippen molar-refractivity contribution in [1.29, 1.82) is 0 Å². The Morgan fingerprint density at radius 1 is 0.517 bits per heavy atom. The van der Waals surface area contributed by atoms with Gasteiger partial charge in [-0.1, -0.05) is 110 Å². The van der Waals surface area contributed by atoms with Crippen LogP contribution in [0.25, 0.3) is 0 Å². The molecular formula is C66H81N9O12. The zero-order chi connectivity index (χ0) is 61.7. The third-order valence-electron chi connectivity index (χ3n) is 17.3. The van der Waals surface area contributed by atoms with Gasteiger partial charge in [0.05, 0.1) is 47.7 Å². The van der Waals surface area contributed by atoms with Crippen LogP contribution < -0.4 is 16.0 Å². The molecule has 4 aromatic rings. The zero-order valence-electron chi connectivity index (χ0n) is 50.1. The van der Waals surface area contributed by atoms with Crippen molar-refractivity contribution >= 4 is 64.6 Å². The number of hydrogen-bond acceptors (Lipinski definition) is 13. The Balaban J connectivity index is 0.000000156. The minimum Gasteiger partial charge on any atom is -0.359 e. The van der Waals surface area contributed by atoms with Crippen molar-refractivity contribution in [2.24, 2.45) is 41.4 Å². The van der Waals surface area contributed by atoms with Gasteiger partial charge in [-0.2, -0.15) is 0 Å². The predicted molar refractivity (Wildman–Crippen MR) is 318 cm³/mol. The summed E-state index contributed by atoms with van der Waals surface area (Å²) < 4.78 is 5.22. The molecule has 0 spiro atoms. The first-order chi connectivity index (χ1) is 41.9. The Bertz CT molecular complexity index is 3150. The Kier molecular flexibility index (Phi) is 21.3. The second kappa shape index (κ2) is 29.4. The molecule has 6 heterocycles. The maximum atomic E-state index is 13.1. The highest BCUT2D eigenvalue weighted by molar-refractivity contribution is 6.38. The Labute approximate surface area is 507 Å². The number of carbonyl (C=O) groups is 11. The fourth-order valence-electron chi connectivity index (χ4n) is 12.1. The highest BCUT2D eigenvalue weighted by atomic mass is 16.5. The number of ketones is 3. The number of amides is 8. The first-order valence-corrected chi connectivity index (χ1v) is 30.9. The van der Waals surface area contributed by atoms with Gasteiger partial charge < -0.3 is 45.0 Å². The number of hydrogen-bond donors (Lipinski definition) is 3. The van der Waals surface area contributed by atoms with E-state index in [9.17, 15) is 52.7 Å². The van der Waals surface area contributed by atoms with Gasteiger partial charge in [-0.25, -0.2) is 0 Å². The van der Waals surface area contributed by atoms with Gasteiger partial charge in [0.1, 0.15) is 0 Å². The topological polar surface area (TPSA) is 266 Å². The molecule has 5 saturated heterocycles. The lowest BCUT2D eigenvalue weighted by atomic mass is 9.86. The molecule has 21 heteroatoms. The van der Waals surface area contributed by atoms with Crippen molar-refractivity contribution in [2.75, 3.05) is 65.4 Å². The molecule has 7 fully saturated rings.